The topological polar surface area (TPSA) is 55.6 Å². The molecule has 1 N–H and O–H groups in total. The van der Waals surface area contributed by atoms with Crippen molar-refractivity contribution in [1.82, 2.24) is 19.7 Å². The monoisotopic (exact) mass is 257 g/mol. The number of anilines is 1. The van der Waals surface area contributed by atoms with Crippen LogP contribution in [0.2, 0.25) is 0 Å². The van der Waals surface area contributed by atoms with E-state index >= 15 is 0 Å². The Morgan fingerprint density at radius 1 is 1.28 bits per heavy atom. The van der Waals surface area contributed by atoms with E-state index in [2.05, 4.69) is 20.4 Å². The molecule has 8 heteroatoms. The van der Waals surface area contributed by atoms with Gasteiger partial charge in [-0.2, -0.15) is 18.3 Å². The van der Waals surface area contributed by atoms with Gasteiger partial charge in [0.1, 0.15) is 0 Å². The fourth-order valence-electron chi connectivity index (χ4n) is 1.46. The highest BCUT2D eigenvalue weighted by molar-refractivity contribution is 5.56. The lowest BCUT2D eigenvalue weighted by atomic mass is 10.2. The molecular weight excluding hydrogens is 247 g/mol. The van der Waals surface area contributed by atoms with Gasteiger partial charge in [0.25, 0.3) is 0 Å². The van der Waals surface area contributed by atoms with Crippen LogP contribution >= 0.6 is 0 Å². The van der Waals surface area contributed by atoms with Crippen LogP contribution in [0.4, 0.5) is 19.1 Å². The Hall–Kier alpha value is -2.12. The highest BCUT2D eigenvalue weighted by Gasteiger charge is 2.33. The molecular formula is C10H10F3N5. The van der Waals surface area contributed by atoms with Crippen LogP contribution in [0, 0.1) is 0 Å². The summed E-state index contributed by atoms with van der Waals surface area (Å²) in [6.07, 6.45) is -3.02. The summed E-state index contributed by atoms with van der Waals surface area (Å²) in [5, 5.41) is 6.40. The third-order valence-electron chi connectivity index (χ3n) is 2.32. The largest absolute Gasteiger partial charge is 0.433 e. The number of aryl methyl sites for hydroxylation is 1. The molecule has 0 fully saturated rings. The zero-order valence-electron chi connectivity index (χ0n) is 9.65. The van der Waals surface area contributed by atoms with Gasteiger partial charge in [0.05, 0.1) is 11.4 Å². The predicted octanol–water partition coefficient (Wildman–Crippen LogP) is 1.94. The van der Waals surface area contributed by atoms with E-state index in [1.165, 1.54) is 17.9 Å². The molecule has 0 atom stereocenters. The minimum atomic E-state index is -4.51. The van der Waals surface area contributed by atoms with Crippen molar-refractivity contribution in [2.45, 2.75) is 6.18 Å². The zero-order valence-corrected chi connectivity index (χ0v) is 9.65. The summed E-state index contributed by atoms with van der Waals surface area (Å²) in [5.74, 6) is -0.0824. The summed E-state index contributed by atoms with van der Waals surface area (Å²) < 4.78 is 39.5. The number of rotatable bonds is 2. The summed E-state index contributed by atoms with van der Waals surface area (Å²) in [6, 6.07) is 2.49. The van der Waals surface area contributed by atoms with E-state index in [4.69, 9.17) is 0 Å². The van der Waals surface area contributed by atoms with E-state index in [1.807, 2.05) is 0 Å². The first-order chi connectivity index (χ1) is 8.41. The molecule has 2 aromatic rings. The number of halogens is 3. The molecule has 0 aliphatic heterocycles. The molecule has 0 saturated carbocycles. The molecule has 2 rings (SSSR count). The van der Waals surface area contributed by atoms with Crippen molar-refractivity contribution >= 4 is 5.95 Å². The quantitative estimate of drug-likeness (QED) is 0.893. The number of aromatic nitrogens is 4. The number of alkyl halides is 3. The van der Waals surface area contributed by atoms with Crippen LogP contribution in [0.25, 0.3) is 11.4 Å². The highest BCUT2D eigenvalue weighted by atomic mass is 19.4. The maximum Gasteiger partial charge on any atom is 0.433 e. The molecule has 0 amide bonds. The lowest BCUT2D eigenvalue weighted by Gasteiger charge is -2.10. The average Bonchev–Trinajstić information content (AvgIpc) is 2.73. The maximum absolute atomic E-state index is 12.7. The van der Waals surface area contributed by atoms with E-state index in [1.54, 1.807) is 13.1 Å². The molecule has 0 aliphatic rings. The number of hydrogen-bond acceptors (Lipinski definition) is 4. The Bertz CT molecular complexity index is 561. The standard InChI is InChI=1S/C10H10F3N5/c1-14-9-16-6(7-3-4-15-18(7)2)5-8(17-9)10(11,12)13/h3-5H,1-2H3,(H,14,16,17). The van der Waals surface area contributed by atoms with E-state index < -0.39 is 11.9 Å². The van der Waals surface area contributed by atoms with E-state index in [-0.39, 0.29) is 11.6 Å². The van der Waals surface area contributed by atoms with Gasteiger partial charge in [-0.15, -0.1) is 0 Å². The Balaban J connectivity index is 2.58. The number of hydrogen-bond donors (Lipinski definition) is 1. The minimum absolute atomic E-state index is 0.0824. The van der Waals surface area contributed by atoms with Crippen LogP contribution in [0.3, 0.4) is 0 Å². The fourth-order valence-corrected chi connectivity index (χ4v) is 1.46. The van der Waals surface area contributed by atoms with Crippen LogP contribution in [0.5, 0.6) is 0 Å². The first-order valence-electron chi connectivity index (χ1n) is 5.04. The summed E-state index contributed by atoms with van der Waals surface area (Å²) in [6.45, 7) is 0. The van der Waals surface area contributed by atoms with Crippen molar-refractivity contribution in [2.24, 2.45) is 7.05 Å². The molecule has 0 unspecified atom stereocenters. The summed E-state index contributed by atoms with van der Waals surface area (Å²) >= 11 is 0. The normalized spacial score (nSPS) is 11.6. The van der Waals surface area contributed by atoms with Crippen molar-refractivity contribution in [3.05, 3.63) is 24.0 Å². The van der Waals surface area contributed by atoms with Crippen LogP contribution < -0.4 is 5.32 Å². The first-order valence-corrected chi connectivity index (χ1v) is 5.04. The van der Waals surface area contributed by atoms with E-state index in [9.17, 15) is 13.2 Å². The molecule has 5 nitrogen and oxygen atoms in total. The number of nitrogens with one attached hydrogen (secondary N) is 1. The molecule has 0 bridgehead atoms. The first kappa shape index (κ1) is 12.3. The maximum atomic E-state index is 12.7. The van der Waals surface area contributed by atoms with Crippen LogP contribution in [-0.4, -0.2) is 26.8 Å². The molecule has 18 heavy (non-hydrogen) atoms. The lowest BCUT2D eigenvalue weighted by molar-refractivity contribution is -0.141. The summed E-state index contributed by atoms with van der Waals surface area (Å²) in [5.41, 5.74) is -0.334. The molecule has 2 aromatic heterocycles. The van der Waals surface area contributed by atoms with Crippen molar-refractivity contribution in [2.75, 3.05) is 12.4 Å². The molecule has 0 saturated heterocycles. The predicted molar refractivity (Wildman–Crippen MR) is 58.8 cm³/mol. The van der Waals surface area contributed by atoms with Gasteiger partial charge < -0.3 is 5.32 Å². The van der Waals surface area contributed by atoms with Gasteiger partial charge in [0, 0.05) is 20.3 Å². The van der Waals surface area contributed by atoms with Gasteiger partial charge in [0.2, 0.25) is 5.95 Å². The summed E-state index contributed by atoms with van der Waals surface area (Å²) in [7, 11) is 3.09. The molecule has 0 aliphatic carbocycles. The smallest absolute Gasteiger partial charge is 0.357 e. The van der Waals surface area contributed by atoms with Crippen LogP contribution in [0.1, 0.15) is 5.69 Å². The Morgan fingerprint density at radius 2 is 2.00 bits per heavy atom. The number of nitrogens with zero attached hydrogens (tertiary/aromatic N) is 4. The van der Waals surface area contributed by atoms with Crippen molar-refractivity contribution in [3.8, 4) is 11.4 Å². The third kappa shape index (κ3) is 2.27. The van der Waals surface area contributed by atoms with Gasteiger partial charge in [-0.25, -0.2) is 9.97 Å². The van der Waals surface area contributed by atoms with Crippen LogP contribution in [-0.2, 0) is 13.2 Å². The second kappa shape index (κ2) is 4.28. The van der Waals surface area contributed by atoms with Gasteiger partial charge in [-0.05, 0) is 12.1 Å². The van der Waals surface area contributed by atoms with Crippen molar-refractivity contribution in [1.29, 1.82) is 0 Å². The van der Waals surface area contributed by atoms with Crippen molar-refractivity contribution in [3.63, 3.8) is 0 Å². The molecule has 96 valence electrons. The molecule has 2 heterocycles. The van der Waals surface area contributed by atoms with E-state index in [0.717, 1.165) is 6.07 Å². The lowest BCUT2D eigenvalue weighted by Crippen LogP contribution is -2.11. The summed E-state index contributed by atoms with van der Waals surface area (Å²) in [4.78, 5) is 7.37. The Morgan fingerprint density at radius 3 is 2.50 bits per heavy atom. The SMILES string of the molecule is CNc1nc(-c2ccnn2C)cc(C(F)(F)F)n1. The second-order valence-corrected chi connectivity index (χ2v) is 3.55. The minimum Gasteiger partial charge on any atom is -0.357 e. The highest BCUT2D eigenvalue weighted by Crippen LogP contribution is 2.30. The van der Waals surface area contributed by atoms with Gasteiger partial charge in [-0.1, -0.05) is 0 Å². The average molecular weight is 257 g/mol. The third-order valence-corrected chi connectivity index (χ3v) is 2.32. The fraction of sp³-hybridized carbons (Fsp3) is 0.300. The second-order valence-electron chi connectivity index (χ2n) is 3.55. The molecule has 0 aromatic carbocycles. The van der Waals surface area contributed by atoms with Crippen LogP contribution in [0.15, 0.2) is 18.3 Å². The molecule has 0 spiro atoms. The Labute approximate surface area is 101 Å². The Kier molecular flexibility index (Phi) is 2.93. The van der Waals surface area contributed by atoms with E-state index in [0.29, 0.717) is 5.69 Å². The van der Waals surface area contributed by atoms with Gasteiger partial charge in [-0.3, -0.25) is 4.68 Å². The van der Waals surface area contributed by atoms with Gasteiger partial charge in [0.15, 0.2) is 5.69 Å². The van der Waals surface area contributed by atoms with Crippen molar-refractivity contribution < 1.29 is 13.2 Å². The zero-order chi connectivity index (χ0) is 13.3. The van der Waals surface area contributed by atoms with Gasteiger partial charge >= 0.3 is 6.18 Å². The molecule has 0 radical (unpaired) electrons.